The average molecular weight is 940 g/mol. The molecule has 1 atom stereocenters. The number of sulfonamides is 1. The molecule has 3 aromatic heterocycles. The fraction of sp³-hybridized carbons (Fsp3) is 0.490. The van der Waals surface area contributed by atoms with Crippen molar-refractivity contribution in [3.8, 4) is 11.5 Å². The van der Waals surface area contributed by atoms with Gasteiger partial charge < -0.3 is 24.7 Å². The third-order valence-electron chi connectivity index (χ3n) is 14.6. The van der Waals surface area contributed by atoms with Gasteiger partial charge in [-0.2, -0.15) is 0 Å². The molecule has 3 N–H and O–H groups in total. The van der Waals surface area contributed by atoms with Crippen molar-refractivity contribution in [2.45, 2.75) is 102 Å². The summed E-state index contributed by atoms with van der Waals surface area (Å²) in [5.74, 6) is -0.0364. The lowest BCUT2D eigenvalue weighted by Gasteiger charge is -2.57. The number of nitrogens with zero attached hydrogens (tertiary/aromatic N) is 5. The van der Waals surface area contributed by atoms with Crippen LogP contribution in [0.5, 0.6) is 11.5 Å². The summed E-state index contributed by atoms with van der Waals surface area (Å²) in [5.41, 5.74) is 4.04. The number of halogens is 1. The van der Waals surface area contributed by atoms with E-state index in [0.717, 1.165) is 101 Å². The highest BCUT2D eigenvalue weighted by molar-refractivity contribution is 7.90. The number of morpholine rings is 1. The Bertz CT molecular complexity index is 2720. The predicted octanol–water partition coefficient (Wildman–Crippen LogP) is 10.0. The number of carbonyl (C=O) groups excluding carboxylic acids is 1. The van der Waals surface area contributed by atoms with Crippen molar-refractivity contribution in [1.82, 2.24) is 24.6 Å². The minimum Gasteiger partial charge on any atom is -0.453 e. The van der Waals surface area contributed by atoms with E-state index in [9.17, 15) is 23.3 Å². The van der Waals surface area contributed by atoms with Gasteiger partial charge in [0.15, 0.2) is 10.9 Å². The summed E-state index contributed by atoms with van der Waals surface area (Å²) in [5, 5.41) is 16.0. The van der Waals surface area contributed by atoms with E-state index in [1.165, 1.54) is 17.2 Å². The normalized spacial score (nSPS) is 20.3. The SMILES string of the molecule is CC(C)c1ccccc1[C@H]1COCCN1C1CC2(CCN(c3ccc(C(=O)NS(=O)(=O)c4cnc(NCC5CCC(C)(C)CC5)c([N+](=O)[O-])c4)c(Oc4cc5cc[nH]c5nc4Cl)c3)CC2)C1. The lowest BCUT2D eigenvalue weighted by molar-refractivity contribution is -0.384. The Hall–Kier alpha value is -5.29. The van der Waals surface area contributed by atoms with Gasteiger partial charge in [0.1, 0.15) is 16.3 Å². The summed E-state index contributed by atoms with van der Waals surface area (Å²) in [6, 6.07) is 19.0. The topological polar surface area (TPSA) is 185 Å². The second-order valence-electron chi connectivity index (χ2n) is 19.9. The molecular weight excluding hydrogens is 880 g/mol. The number of aromatic amines is 1. The number of fused-ring (bicyclic) bond motifs is 1. The zero-order chi connectivity index (χ0) is 46.4. The molecule has 4 aliphatic rings. The number of carbonyl (C=O) groups is 1. The number of amides is 1. The van der Waals surface area contributed by atoms with E-state index >= 15 is 0 Å². The first-order chi connectivity index (χ1) is 31.6. The van der Waals surface area contributed by atoms with E-state index in [2.05, 4.69) is 86.8 Å². The maximum Gasteiger partial charge on any atom is 0.312 e. The van der Waals surface area contributed by atoms with Crippen molar-refractivity contribution in [3.05, 3.63) is 105 Å². The van der Waals surface area contributed by atoms with Crippen molar-refractivity contribution in [2.75, 3.05) is 49.6 Å². The van der Waals surface area contributed by atoms with Gasteiger partial charge in [0.2, 0.25) is 5.82 Å². The van der Waals surface area contributed by atoms with Gasteiger partial charge in [0.25, 0.3) is 15.9 Å². The highest BCUT2D eigenvalue weighted by atomic mass is 35.5. The zero-order valence-corrected chi connectivity index (χ0v) is 39.6. The highest BCUT2D eigenvalue weighted by Crippen LogP contribution is 2.53. The first kappa shape index (κ1) is 45.8. The fourth-order valence-electron chi connectivity index (χ4n) is 10.6. The molecule has 2 saturated carbocycles. The molecule has 2 aromatic carbocycles. The quantitative estimate of drug-likeness (QED) is 0.0578. The van der Waals surface area contributed by atoms with E-state index in [-0.39, 0.29) is 44.9 Å². The molecule has 4 fully saturated rings. The van der Waals surface area contributed by atoms with Crippen LogP contribution in [0.4, 0.5) is 17.2 Å². The summed E-state index contributed by atoms with van der Waals surface area (Å²) in [6.07, 6.45) is 11.1. The van der Waals surface area contributed by atoms with Crippen LogP contribution in [-0.4, -0.2) is 84.5 Å². The van der Waals surface area contributed by atoms with Crippen LogP contribution in [0.15, 0.2) is 78.0 Å². The predicted molar refractivity (Wildman–Crippen MR) is 255 cm³/mol. The van der Waals surface area contributed by atoms with E-state index in [0.29, 0.717) is 36.7 Å². The van der Waals surface area contributed by atoms with Crippen LogP contribution < -0.4 is 19.7 Å². The number of hydrogen-bond acceptors (Lipinski definition) is 12. The number of piperidine rings is 1. The standard InChI is InChI=1S/C49H59ClN8O7S/c1-31(2)37-7-5-6-8-38(37)41-30-64-22-21-57(41)35-26-49(27-35)16-19-56(20-17-49)34-9-10-39(42(24-34)65-43-23-33-13-18-51-45(33)54-44(43)50)47(59)55-66(62,63)36-25-40(58(60)61)46(53-29-36)52-28-32-11-14-48(3,4)15-12-32/h5-10,13,18,23-25,29,31-32,35,41H,11-12,14-17,19-22,26-28,30H2,1-4H3,(H,51,54)(H,52,53)(H,55,59)/t41-/m1/s1. The summed E-state index contributed by atoms with van der Waals surface area (Å²) in [6.45, 7) is 13.4. The van der Waals surface area contributed by atoms with Gasteiger partial charge in [0.05, 0.1) is 35.9 Å². The fourth-order valence-corrected chi connectivity index (χ4v) is 11.7. The van der Waals surface area contributed by atoms with Crippen LogP contribution >= 0.6 is 11.6 Å². The van der Waals surface area contributed by atoms with Gasteiger partial charge in [-0.1, -0.05) is 63.6 Å². The summed E-state index contributed by atoms with van der Waals surface area (Å²) in [4.78, 5) is 41.5. The summed E-state index contributed by atoms with van der Waals surface area (Å²) in [7, 11) is -4.64. The van der Waals surface area contributed by atoms with Gasteiger partial charge in [-0.15, -0.1) is 0 Å². The molecule has 2 saturated heterocycles. The molecule has 2 aliphatic carbocycles. The Kier molecular flexibility index (Phi) is 12.8. The number of nitro groups is 1. The molecule has 17 heteroatoms. The molecule has 15 nitrogen and oxygen atoms in total. The molecule has 66 heavy (non-hydrogen) atoms. The largest absolute Gasteiger partial charge is 0.453 e. The Morgan fingerprint density at radius 1 is 1.03 bits per heavy atom. The Morgan fingerprint density at radius 2 is 1.79 bits per heavy atom. The second-order valence-corrected chi connectivity index (χ2v) is 21.9. The highest BCUT2D eigenvalue weighted by Gasteiger charge is 2.50. The van der Waals surface area contributed by atoms with E-state index in [1.807, 2.05) is 6.07 Å². The molecule has 5 aromatic rings. The molecule has 5 heterocycles. The lowest BCUT2D eigenvalue weighted by atomic mass is 9.59. The third-order valence-corrected chi connectivity index (χ3v) is 16.2. The molecule has 9 rings (SSSR count). The number of pyridine rings is 2. The van der Waals surface area contributed by atoms with E-state index < -0.39 is 31.4 Å². The van der Waals surface area contributed by atoms with Crippen molar-refractivity contribution in [1.29, 1.82) is 0 Å². The maximum atomic E-state index is 14.0. The first-order valence-electron chi connectivity index (χ1n) is 23.2. The van der Waals surface area contributed by atoms with Gasteiger partial charge >= 0.3 is 5.69 Å². The monoisotopic (exact) mass is 938 g/mol. The maximum absolute atomic E-state index is 14.0. The molecule has 2 aliphatic heterocycles. The van der Waals surface area contributed by atoms with Crippen molar-refractivity contribution >= 4 is 55.8 Å². The van der Waals surface area contributed by atoms with Gasteiger partial charge in [-0.3, -0.25) is 19.8 Å². The molecule has 350 valence electrons. The van der Waals surface area contributed by atoms with Crippen molar-refractivity contribution < 1.29 is 27.6 Å². The first-order valence-corrected chi connectivity index (χ1v) is 25.0. The zero-order valence-electron chi connectivity index (χ0n) is 38.0. The van der Waals surface area contributed by atoms with Crippen molar-refractivity contribution in [3.63, 3.8) is 0 Å². The van der Waals surface area contributed by atoms with Crippen LogP contribution in [0.2, 0.25) is 5.15 Å². The number of H-pyrrole nitrogens is 1. The Morgan fingerprint density at radius 3 is 2.53 bits per heavy atom. The minimum absolute atomic E-state index is 0.0268. The molecule has 1 spiro atoms. The second kappa shape index (κ2) is 18.4. The Balaban J connectivity index is 0.910. The number of benzene rings is 2. The molecular formula is C49H59ClN8O7S. The Labute approximate surface area is 391 Å². The van der Waals surface area contributed by atoms with Gasteiger partial charge in [-0.05, 0) is 109 Å². The average Bonchev–Trinajstić information content (AvgIpc) is 3.74. The van der Waals surface area contributed by atoms with Crippen LogP contribution in [0.25, 0.3) is 11.0 Å². The summed E-state index contributed by atoms with van der Waals surface area (Å²) >= 11 is 6.59. The molecule has 0 bridgehead atoms. The van der Waals surface area contributed by atoms with Gasteiger partial charge in [0, 0.05) is 61.6 Å². The minimum atomic E-state index is -4.64. The number of ether oxygens (including phenoxy) is 2. The smallest absolute Gasteiger partial charge is 0.312 e. The number of rotatable bonds is 13. The van der Waals surface area contributed by atoms with Crippen molar-refractivity contribution in [2.24, 2.45) is 16.7 Å². The third kappa shape index (κ3) is 9.60. The van der Waals surface area contributed by atoms with Crippen LogP contribution in [0.3, 0.4) is 0 Å². The number of anilines is 2. The van der Waals surface area contributed by atoms with E-state index in [1.54, 1.807) is 24.4 Å². The van der Waals surface area contributed by atoms with Gasteiger partial charge in [-0.25, -0.2) is 23.1 Å². The molecule has 1 amide bonds. The molecule has 0 radical (unpaired) electrons. The summed E-state index contributed by atoms with van der Waals surface area (Å²) < 4.78 is 42.0. The lowest BCUT2D eigenvalue weighted by Crippen LogP contribution is -2.58. The van der Waals surface area contributed by atoms with Crippen LogP contribution in [-0.2, 0) is 14.8 Å². The van der Waals surface area contributed by atoms with Crippen LogP contribution in [0.1, 0.15) is 113 Å². The molecule has 0 unspecified atom stereocenters. The number of aromatic nitrogens is 3. The van der Waals surface area contributed by atoms with Crippen LogP contribution in [0, 0.1) is 26.9 Å². The number of nitrogens with one attached hydrogen (secondary N) is 3. The number of hydrogen-bond donors (Lipinski definition) is 3. The van der Waals surface area contributed by atoms with E-state index in [4.69, 9.17) is 21.1 Å².